The Hall–Kier alpha value is 0.120. The molecular weight excluding hydrogens is 414 g/mol. The monoisotopic (exact) mass is 434 g/mol. The molecule has 0 bridgehead atoms. The second-order valence-electron chi connectivity index (χ2n) is 5.44. The van der Waals surface area contributed by atoms with Crippen LogP contribution in [0, 0.1) is 24.7 Å². The maximum atomic E-state index is 5.93. The molecule has 0 spiro atoms. The first-order valence-corrected chi connectivity index (χ1v) is 15.3. The summed E-state index contributed by atoms with van der Waals surface area (Å²) in [6.07, 6.45) is 13.3. The van der Waals surface area contributed by atoms with Gasteiger partial charge in [0.2, 0.25) is 0 Å². The topological polar surface area (TPSA) is 13.0 Å². The van der Waals surface area contributed by atoms with Crippen LogP contribution in [0.5, 0.6) is 0 Å². The third-order valence-electron chi connectivity index (χ3n) is 3.54. The van der Waals surface area contributed by atoms with Crippen molar-refractivity contribution in [1.29, 1.82) is 0 Å². The Balaban J connectivity index is 2.22. The number of hydrogen-bond donors (Lipinski definition) is 0. The Morgan fingerprint density at radius 3 is 2.21 bits per heavy atom. The molecule has 0 fully saturated rings. The van der Waals surface area contributed by atoms with Gasteiger partial charge in [0.05, 0.1) is 10.6 Å². The van der Waals surface area contributed by atoms with Crippen molar-refractivity contribution in [3.8, 4) is 24.7 Å². The van der Waals surface area contributed by atoms with Crippen LogP contribution in [0.1, 0.15) is 0 Å². The van der Waals surface area contributed by atoms with Gasteiger partial charge in [-0.25, -0.2) is 0 Å². The summed E-state index contributed by atoms with van der Waals surface area (Å²) >= 11 is 15.1. The van der Waals surface area contributed by atoms with Crippen molar-refractivity contribution in [1.82, 2.24) is 18.7 Å². The van der Waals surface area contributed by atoms with Crippen molar-refractivity contribution in [3.63, 3.8) is 0 Å². The Morgan fingerprint density at radius 2 is 1.71 bits per heavy atom. The molecule has 0 aliphatic carbocycles. The first kappa shape index (κ1) is 20.4. The van der Waals surface area contributed by atoms with Gasteiger partial charge < -0.3 is 9.34 Å². The van der Waals surface area contributed by atoms with Gasteiger partial charge in [-0.3, -0.25) is 9.34 Å². The minimum atomic E-state index is -1.93. The Morgan fingerprint density at radius 1 is 1.08 bits per heavy atom. The molecular formula is C14H20N4P2S4. The van der Waals surface area contributed by atoms with Crippen molar-refractivity contribution in [2.45, 2.75) is 0 Å². The molecule has 2 rings (SSSR count). The van der Waals surface area contributed by atoms with Crippen LogP contribution in [0.3, 0.4) is 0 Å². The Bertz CT molecular complexity index is 760. The molecule has 0 aromatic carbocycles. The molecule has 0 amide bonds. The van der Waals surface area contributed by atoms with Crippen LogP contribution in [0.4, 0.5) is 0 Å². The minimum absolute atomic E-state index is 0.736. The summed E-state index contributed by atoms with van der Waals surface area (Å²) in [6, 6.07) is 0. The van der Waals surface area contributed by atoms with Crippen LogP contribution in [0.15, 0.2) is 22.2 Å². The summed E-state index contributed by atoms with van der Waals surface area (Å²) in [5.41, 5.74) is -2.99. The highest BCUT2D eigenvalue weighted by Gasteiger charge is 2.38. The Kier molecular flexibility index (Phi) is 6.63. The zero-order valence-corrected chi connectivity index (χ0v) is 19.1. The zero-order valence-electron chi connectivity index (χ0n) is 14.0. The van der Waals surface area contributed by atoms with Gasteiger partial charge in [0.25, 0.3) is 0 Å². The molecule has 10 heteroatoms. The van der Waals surface area contributed by atoms with Gasteiger partial charge in [-0.05, 0) is 63.2 Å². The predicted octanol–water partition coefficient (Wildman–Crippen LogP) is 3.61. The van der Waals surface area contributed by atoms with E-state index in [4.69, 9.17) is 36.5 Å². The van der Waals surface area contributed by atoms with Crippen LogP contribution in [-0.4, -0.2) is 60.0 Å². The fraction of sp³-hybridized carbons (Fsp3) is 0.429. The molecule has 2 aliphatic rings. The molecule has 0 N–H and O–H groups in total. The molecule has 0 saturated carbocycles. The number of nitrogens with zero attached hydrogens (tertiary/aromatic N) is 4. The van der Waals surface area contributed by atoms with E-state index >= 15 is 0 Å². The van der Waals surface area contributed by atoms with Crippen LogP contribution >= 0.6 is 33.8 Å². The maximum Gasteiger partial charge on any atom is 0.160 e. The molecule has 130 valence electrons. The lowest BCUT2D eigenvalue weighted by atomic mass is 10.5. The van der Waals surface area contributed by atoms with Crippen molar-refractivity contribution < 1.29 is 0 Å². The van der Waals surface area contributed by atoms with E-state index in [9.17, 15) is 0 Å². The lowest BCUT2D eigenvalue weighted by molar-refractivity contribution is 0.465. The molecule has 2 aliphatic heterocycles. The lowest BCUT2D eigenvalue weighted by Gasteiger charge is -2.38. The Labute approximate surface area is 163 Å². The van der Waals surface area contributed by atoms with Gasteiger partial charge in [-0.2, -0.15) is 0 Å². The normalized spacial score (nSPS) is 29.7. The third kappa shape index (κ3) is 3.63. The molecule has 0 aromatic heterocycles. The van der Waals surface area contributed by atoms with Gasteiger partial charge in [-0.1, -0.05) is 23.2 Å². The first-order chi connectivity index (χ1) is 11.2. The number of hydrogen-bond acceptors (Lipinski definition) is 4. The molecule has 24 heavy (non-hydrogen) atoms. The van der Waals surface area contributed by atoms with E-state index in [1.165, 1.54) is 0 Å². The highest BCUT2D eigenvalue weighted by molar-refractivity contribution is 8.71. The second-order valence-corrected chi connectivity index (χ2v) is 19.7. The van der Waals surface area contributed by atoms with Crippen LogP contribution in [0.25, 0.3) is 0 Å². The summed E-state index contributed by atoms with van der Waals surface area (Å²) < 4.78 is 8.60. The highest BCUT2D eigenvalue weighted by atomic mass is 32.9. The van der Waals surface area contributed by atoms with Gasteiger partial charge in [-0.15, -0.1) is 12.8 Å². The van der Waals surface area contributed by atoms with E-state index in [0.29, 0.717) is 0 Å². The minimum Gasteiger partial charge on any atom is -0.327 e. The van der Waals surface area contributed by atoms with Gasteiger partial charge in [0, 0.05) is 24.7 Å². The summed E-state index contributed by atoms with van der Waals surface area (Å²) in [4.78, 5) is 0.891. The average molecular weight is 435 g/mol. The zero-order chi connectivity index (χ0) is 18.1. The molecule has 2 unspecified atom stereocenters. The van der Waals surface area contributed by atoms with Crippen LogP contribution in [-0.2, 0) is 23.6 Å². The third-order valence-corrected chi connectivity index (χ3v) is 19.1. The van der Waals surface area contributed by atoms with Crippen molar-refractivity contribution in [2.24, 2.45) is 0 Å². The van der Waals surface area contributed by atoms with E-state index in [0.717, 1.165) is 23.7 Å². The largest absolute Gasteiger partial charge is 0.327 e. The van der Waals surface area contributed by atoms with Crippen LogP contribution < -0.4 is 0 Å². The molecule has 0 aromatic rings. The van der Waals surface area contributed by atoms with Gasteiger partial charge >= 0.3 is 0 Å². The molecule has 2 heterocycles. The van der Waals surface area contributed by atoms with Gasteiger partial charge in [0.1, 0.15) is 0 Å². The fourth-order valence-electron chi connectivity index (χ4n) is 2.21. The van der Waals surface area contributed by atoms with E-state index in [1.54, 1.807) is 22.8 Å². The van der Waals surface area contributed by atoms with Crippen molar-refractivity contribution >= 4 is 57.5 Å². The molecule has 4 nitrogen and oxygen atoms in total. The van der Waals surface area contributed by atoms with E-state index in [-0.39, 0.29) is 0 Å². The second kappa shape index (κ2) is 7.78. The molecule has 2 atom stereocenters. The summed E-state index contributed by atoms with van der Waals surface area (Å²) in [5, 5.41) is 2.00. The van der Waals surface area contributed by atoms with Crippen LogP contribution in [0.2, 0.25) is 0 Å². The summed E-state index contributed by atoms with van der Waals surface area (Å²) in [7, 11) is 8.05. The molecule has 0 saturated heterocycles. The first-order valence-electron chi connectivity index (χ1n) is 7.03. The standard InChI is InChI=1S/C14H20N4P2S4/c1-7-13-12-23-20(22,16(5)6)18(13)10-9-17-11-14(8-2)24-19(17,21)15(3)4/h1-2,11-12H,9-10H2,3-6H3. The predicted molar refractivity (Wildman–Crippen MR) is 118 cm³/mol. The van der Waals surface area contributed by atoms with E-state index in [1.807, 2.05) is 39.8 Å². The van der Waals surface area contributed by atoms with Gasteiger partial charge in [0.15, 0.2) is 11.1 Å². The van der Waals surface area contributed by atoms with Crippen molar-refractivity contribution in [3.05, 3.63) is 22.2 Å². The highest BCUT2D eigenvalue weighted by Crippen LogP contribution is 2.71. The smallest absolute Gasteiger partial charge is 0.160 e. The average Bonchev–Trinajstić information content (AvgIpc) is 3.04. The quantitative estimate of drug-likeness (QED) is 0.475. The lowest BCUT2D eigenvalue weighted by Crippen LogP contribution is -2.30. The fourth-order valence-corrected chi connectivity index (χ4v) is 12.5. The SMILES string of the molecule is C#CC1=CN(CCN2C(C#C)=CSP2(=S)N(C)C)P(=S)(N(C)C)S1. The maximum absolute atomic E-state index is 5.93. The van der Waals surface area contributed by atoms with Crippen molar-refractivity contribution in [2.75, 3.05) is 41.3 Å². The summed E-state index contributed by atoms with van der Waals surface area (Å²) in [6.45, 7) is 1.49. The molecule has 0 radical (unpaired) electrons. The van der Waals surface area contributed by atoms with E-state index in [2.05, 4.69) is 30.5 Å². The summed E-state index contributed by atoms with van der Waals surface area (Å²) in [5.74, 6) is 5.48. The number of rotatable bonds is 5. The van der Waals surface area contributed by atoms with E-state index < -0.39 is 11.1 Å². The number of terminal acetylenes is 2. The number of allylic oxidation sites excluding steroid dienone is 2.